The molecule has 0 saturated heterocycles. The summed E-state index contributed by atoms with van der Waals surface area (Å²) in [5, 5.41) is 5.51. The highest BCUT2D eigenvalue weighted by Crippen LogP contribution is 2.33. The van der Waals surface area contributed by atoms with Crippen LogP contribution >= 0.6 is 0 Å². The van der Waals surface area contributed by atoms with Crippen LogP contribution in [0.2, 0.25) is 0 Å². The first-order chi connectivity index (χ1) is 7.93. The van der Waals surface area contributed by atoms with Crippen molar-refractivity contribution in [2.24, 2.45) is 5.14 Å². The zero-order valence-corrected chi connectivity index (χ0v) is 12.5. The van der Waals surface area contributed by atoms with Gasteiger partial charge in [-0.25, -0.2) is 13.6 Å². The van der Waals surface area contributed by atoms with Crippen LogP contribution in [0.25, 0.3) is 0 Å². The fourth-order valence-corrected chi connectivity index (χ4v) is 3.59. The minimum Gasteiger partial charge on any atom is -0.228 e. The Bertz CT molecular complexity index is 264. The van der Waals surface area contributed by atoms with E-state index < -0.39 is 14.8 Å². The van der Waals surface area contributed by atoms with E-state index in [0.717, 1.165) is 57.8 Å². The second-order valence-electron chi connectivity index (χ2n) is 5.04. The van der Waals surface area contributed by atoms with Gasteiger partial charge in [-0.05, 0) is 19.3 Å². The average Bonchev–Trinajstić information content (AvgIpc) is 2.27. The summed E-state index contributed by atoms with van der Waals surface area (Å²) in [5.41, 5.74) is 0. The lowest BCUT2D eigenvalue weighted by atomic mass is 9.90. The molecule has 0 spiro atoms. The number of hydrogen-bond acceptors (Lipinski definition) is 2. The van der Waals surface area contributed by atoms with E-state index in [2.05, 4.69) is 20.8 Å². The highest BCUT2D eigenvalue weighted by molar-refractivity contribution is 7.90. The van der Waals surface area contributed by atoms with Crippen molar-refractivity contribution in [3.63, 3.8) is 0 Å². The van der Waals surface area contributed by atoms with E-state index in [4.69, 9.17) is 5.14 Å². The third-order valence-electron chi connectivity index (χ3n) is 3.56. The van der Waals surface area contributed by atoms with Crippen molar-refractivity contribution in [3.05, 3.63) is 0 Å². The van der Waals surface area contributed by atoms with E-state index in [1.165, 1.54) is 0 Å². The molecule has 0 aromatic carbocycles. The van der Waals surface area contributed by atoms with Crippen LogP contribution in [0.15, 0.2) is 0 Å². The normalized spacial score (nSPS) is 12.9. The van der Waals surface area contributed by atoms with Gasteiger partial charge in [0, 0.05) is 0 Å². The molecule has 0 aliphatic heterocycles. The Morgan fingerprint density at radius 2 is 1.12 bits per heavy atom. The number of sulfonamides is 1. The molecule has 2 N–H and O–H groups in total. The predicted molar refractivity (Wildman–Crippen MR) is 74.4 cm³/mol. The number of rotatable bonds is 10. The summed E-state index contributed by atoms with van der Waals surface area (Å²) < 4.78 is 23.2. The summed E-state index contributed by atoms with van der Waals surface area (Å²) in [6.07, 6.45) is 8.09. The van der Waals surface area contributed by atoms with E-state index in [0.29, 0.717) is 0 Å². The topological polar surface area (TPSA) is 60.2 Å². The van der Waals surface area contributed by atoms with Gasteiger partial charge in [-0.15, -0.1) is 0 Å². The van der Waals surface area contributed by atoms with E-state index in [1.54, 1.807) is 0 Å². The van der Waals surface area contributed by atoms with Gasteiger partial charge in [-0.2, -0.15) is 0 Å². The van der Waals surface area contributed by atoms with E-state index in [1.807, 2.05) is 0 Å². The molecule has 3 nitrogen and oxygen atoms in total. The molecular formula is C13H29NO2S. The van der Waals surface area contributed by atoms with Crippen molar-refractivity contribution < 1.29 is 8.42 Å². The van der Waals surface area contributed by atoms with Crippen LogP contribution < -0.4 is 5.14 Å². The minimum atomic E-state index is -3.44. The highest BCUT2D eigenvalue weighted by Gasteiger charge is 2.39. The van der Waals surface area contributed by atoms with Gasteiger partial charge < -0.3 is 0 Å². The van der Waals surface area contributed by atoms with Crippen LogP contribution in [0.5, 0.6) is 0 Å². The van der Waals surface area contributed by atoms with Crippen LogP contribution in [-0.2, 0) is 10.0 Å². The highest BCUT2D eigenvalue weighted by atomic mass is 32.2. The van der Waals surface area contributed by atoms with Crippen LogP contribution in [0.1, 0.15) is 78.6 Å². The Morgan fingerprint density at radius 3 is 1.29 bits per heavy atom. The maximum Gasteiger partial charge on any atom is 0.214 e. The Morgan fingerprint density at radius 1 is 0.824 bits per heavy atom. The molecule has 0 bridgehead atoms. The Labute approximate surface area is 107 Å². The maximum absolute atomic E-state index is 11.9. The molecule has 0 rings (SSSR count). The number of nitrogens with two attached hydrogens (primary N) is 1. The average molecular weight is 263 g/mol. The molecule has 0 radical (unpaired) electrons. The van der Waals surface area contributed by atoms with Crippen molar-refractivity contribution in [2.75, 3.05) is 0 Å². The van der Waals surface area contributed by atoms with Crippen molar-refractivity contribution >= 4 is 10.0 Å². The van der Waals surface area contributed by atoms with Crippen LogP contribution in [-0.4, -0.2) is 13.2 Å². The summed E-state index contributed by atoms with van der Waals surface area (Å²) >= 11 is 0. The third-order valence-corrected chi connectivity index (χ3v) is 5.38. The number of unbranched alkanes of at least 4 members (excludes halogenated alkanes) is 3. The lowest BCUT2D eigenvalue weighted by molar-refractivity contribution is 0.394. The molecule has 0 aromatic rings. The summed E-state index contributed by atoms with van der Waals surface area (Å²) in [6.45, 7) is 6.27. The Hall–Kier alpha value is -0.0900. The quantitative estimate of drug-likeness (QED) is 0.655. The molecule has 0 atom stereocenters. The van der Waals surface area contributed by atoms with E-state index >= 15 is 0 Å². The molecule has 0 heterocycles. The smallest absolute Gasteiger partial charge is 0.214 e. The molecule has 0 aliphatic carbocycles. The second kappa shape index (κ2) is 8.09. The zero-order valence-electron chi connectivity index (χ0n) is 11.7. The Balaban J connectivity index is 4.92. The molecule has 0 saturated carbocycles. The standard InChI is InChI=1S/C13H29NO2S/c1-4-7-10-13(11-8-5-2,12-9-6-3)17(14,15)16/h4-12H2,1-3H3,(H2,14,15,16). The molecule has 104 valence electrons. The van der Waals surface area contributed by atoms with Gasteiger partial charge in [0.05, 0.1) is 4.75 Å². The molecule has 17 heavy (non-hydrogen) atoms. The van der Waals surface area contributed by atoms with Gasteiger partial charge in [0.2, 0.25) is 10.0 Å². The molecule has 0 aliphatic rings. The van der Waals surface area contributed by atoms with Gasteiger partial charge in [0.25, 0.3) is 0 Å². The van der Waals surface area contributed by atoms with Gasteiger partial charge in [-0.1, -0.05) is 59.3 Å². The summed E-state index contributed by atoms with van der Waals surface area (Å²) in [5.74, 6) is 0. The van der Waals surface area contributed by atoms with Gasteiger partial charge in [0.1, 0.15) is 0 Å². The monoisotopic (exact) mass is 263 g/mol. The predicted octanol–water partition coefficient (Wildman–Crippen LogP) is 3.58. The molecule has 0 aromatic heterocycles. The van der Waals surface area contributed by atoms with Gasteiger partial charge >= 0.3 is 0 Å². The summed E-state index contributed by atoms with van der Waals surface area (Å²) in [6, 6.07) is 0. The van der Waals surface area contributed by atoms with Crippen LogP contribution in [0, 0.1) is 0 Å². The van der Waals surface area contributed by atoms with Crippen molar-refractivity contribution in [1.82, 2.24) is 0 Å². The largest absolute Gasteiger partial charge is 0.228 e. The fraction of sp³-hybridized carbons (Fsp3) is 1.00. The number of primary sulfonamides is 1. The molecular weight excluding hydrogens is 234 g/mol. The van der Waals surface area contributed by atoms with E-state index in [-0.39, 0.29) is 0 Å². The first-order valence-corrected chi connectivity index (χ1v) is 8.50. The van der Waals surface area contributed by atoms with Crippen LogP contribution in [0.4, 0.5) is 0 Å². The zero-order chi connectivity index (χ0) is 13.4. The van der Waals surface area contributed by atoms with Crippen molar-refractivity contribution in [1.29, 1.82) is 0 Å². The third kappa shape index (κ3) is 5.38. The molecule has 0 amide bonds. The minimum absolute atomic E-state index is 0.658. The first-order valence-electron chi connectivity index (χ1n) is 6.96. The molecule has 0 fully saturated rings. The maximum atomic E-state index is 11.9. The van der Waals surface area contributed by atoms with Crippen molar-refractivity contribution in [2.45, 2.75) is 83.3 Å². The second-order valence-corrected chi connectivity index (χ2v) is 6.99. The first kappa shape index (κ1) is 16.9. The fourth-order valence-electron chi connectivity index (χ4n) is 2.30. The molecule has 0 unspecified atom stereocenters. The molecule has 4 heteroatoms. The van der Waals surface area contributed by atoms with Gasteiger partial charge in [-0.3, -0.25) is 0 Å². The SMILES string of the molecule is CCCCC(CCCC)(CCCC)S(N)(=O)=O. The van der Waals surface area contributed by atoms with Gasteiger partial charge in [0.15, 0.2) is 0 Å². The van der Waals surface area contributed by atoms with E-state index in [9.17, 15) is 8.42 Å². The summed E-state index contributed by atoms with van der Waals surface area (Å²) in [4.78, 5) is 0. The summed E-state index contributed by atoms with van der Waals surface area (Å²) in [7, 11) is -3.44. The number of hydrogen-bond donors (Lipinski definition) is 1. The van der Waals surface area contributed by atoms with Crippen molar-refractivity contribution in [3.8, 4) is 0 Å². The Kier molecular flexibility index (Phi) is 8.05. The lowest BCUT2D eigenvalue weighted by Crippen LogP contribution is -2.43. The lowest BCUT2D eigenvalue weighted by Gasteiger charge is -2.31. The van der Waals surface area contributed by atoms with Crippen LogP contribution in [0.3, 0.4) is 0 Å².